The van der Waals surface area contributed by atoms with Crippen LogP contribution in [0.2, 0.25) is 0 Å². The number of thiazole rings is 1. The number of aryl methyl sites for hydroxylation is 3. The van der Waals surface area contributed by atoms with E-state index in [0.717, 1.165) is 21.4 Å². The average molecular weight is 334 g/mol. The molecule has 0 radical (unpaired) electrons. The lowest BCUT2D eigenvalue weighted by atomic mass is 9.91. The van der Waals surface area contributed by atoms with Crippen LogP contribution in [0.15, 0.2) is 12.4 Å². The minimum absolute atomic E-state index is 0.0361. The SMILES string of the molecule is Cc1nc(C)c(C(=O)N2CCC(O)(Cn3ccnc3C)CC2)s1. The topological polar surface area (TPSA) is 71.2 Å². The van der Waals surface area contributed by atoms with Crippen LogP contribution in [0.3, 0.4) is 0 Å². The predicted molar refractivity (Wildman–Crippen MR) is 88.6 cm³/mol. The lowest BCUT2D eigenvalue weighted by Crippen LogP contribution is -2.48. The number of hydrogen-bond donors (Lipinski definition) is 1. The van der Waals surface area contributed by atoms with E-state index in [1.807, 2.05) is 36.4 Å². The van der Waals surface area contributed by atoms with Crippen LogP contribution in [0.4, 0.5) is 0 Å². The summed E-state index contributed by atoms with van der Waals surface area (Å²) in [5, 5.41) is 11.7. The molecule has 124 valence electrons. The molecule has 6 nitrogen and oxygen atoms in total. The zero-order valence-corrected chi connectivity index (χ0v) is 14.6. The molecule has 0 saturated carbocycles. The molecular weight excluding hydrogens is 312 g/mol. The molecule has 1 saturated heterocycles. The maximum Gasteiger partial charge on any atom is 0.265 e. The summed E-state index contributed by atoms with van der Waals surface area (Å²) in [5.41, 5.74) is 0.0216. The van der Waals surface area contributed by atoms with E-state index >= 15 is 0 Å². The minimum Gasteiger partial charge on any atom is -0.388 e. The first kappa shape index (κ1) is 16.1. The lowest BCUT2D eigenvalue weighted by molar-refractivity contribution is -0.0295. The van der Waals surface area contributed by atoms with Gasteiger partial charge in [0.2, 0.25) is 0 Å². The highest BCUT2D eigenvalue weighted by Crippen LogP contribution is 2.27. The van der Waals surface area contributed by atoms with Crippen LogP contribution in [0.5, 0.6) is 0 Å². The number of piperidine rings is 1. The summed E-state index contributed by atoms with van der Waals surface area (Å²) in [6.07, 6.45) is 4.78. The molecular formula is C16H22N4O2S. The fourth-order valence-corrected chi connectivity index (χ4v) is 3.93. The molecule has 1 aliphatic rings. The molecule has 3 heterocycles. The Morgan fingerprint density at radius 2 is 2.04 bits per heavy atom. The second-order valence-corrected chi connectivity index (χ2v) is 7.47. The van der Waals surface area contributed by atoms with Gasteiger partial charge in [0.15, 0.2) is 0 Å². The quantitative estimate of drug-likeness (QED) is 0.931. The van der Waals surface area contributed by atoms with Crippen molar-refractivity contribution in [3.63, 3.8) is 0 Å². The molecule has 23 heavy (non-hydrogen) atoms. The molecule has 0 atom stereocenters. The number of nitrogens with zero attached hydrogens (tertiary/aromatic N) is 4. The molecule has 0 spiro atoms. The summed E-state index contributed by atoms with van der Waals surface area (Å²) >= 11 is 1.44. The van der Waals surface area contributed by atoms with Crippen LogP contribution in [0.1, 0.15) is 39.0 Å². The third-order valence-electron chi connectivity index (χ3n) is 4.47. The van der Waals surface area contributed by atoms with E-state index in [0.29, 0.717) is 32.5 Å². The highest BCUT2D eigenvalue weighted by atomic mass is 32.1. The second-order valence-electron chi connectivity index (χ2n) is 6.27. The van der Waals surface area contributed by atoms with Gasteiger partial charge in [-0.25, -0.2) is 9.97 Å². The standard InChI is InChI=1S/C16H22N4O2S/c1-11-14(23-13(3)18-11)15(21)19-7-4-16(22,5-8-19)10-20-9-6-17-12(20)2/h6,9,22H,4-5,7-8,10H2,1-3H3. The van der Waals surface area contributed by atoms with Gasteiger partial charge in [0.1, 0.15) is 10.7 Å². The van der Waals surface area contributed by atoms with Crippen LogP contribution >= 0.6 is 11.3 Å². The van der Waals surface area contributed by atoms with Crippen molar-refractivity contribution >= 4 is 17.2 Å². The summed E-state index contributed by atoms with van der Waals surface area (Å²) in [7, 11) is 0. The zero-order chi connectivity index (χ0) is 16.6. The molecule has 0 aromatic carbocycles. The summed E-state index contributed by atoms with van der Waals surface area (Å²) in [5.74, 6) is 0.932. The van der Waals surface area contributed by atoms with Crippen LogP contribution < -0.4 is 0 Å². The van der Waals surface area contributed by atoms with Crippen LogP contribution in [0.25, 0.3) is 0 Å². The molecule has 2 aromatic rings. The van der Waals surface area contributed by atoms with Gasteiger partial charge in [-0.2, -0.15) is 0 Å². The Balaban J connectivity index is 1.65. The van der Waals surface area contributed by atoms with Crippen molar-refractivity contribution in [3.05, 3.63) is 33.8 Å². The molecule has 7 heteroatoms. The van der Waals surface area contributed by atoms with E-state index < -0.39 is 5.60 Å². The maximum absolute atomic E-state index is 12.6. The van der Waals surface area contributed by atoms with E-state index in [9.17, 15) is 9.90 Å². The molecule has 3 rings (SSSR count). The molecule has 1 aliphatic heterocycles. The Morgan fingerprint density at radius 1 is 1.35 bits per heavy atom. The van der Waals surface area contributed by atoms with E-state index in [-0.39, 0.29) is 5.91 Å². The Hall–Kier alpha value is -1.73. The van der Waals surface area contributed by atoms with Gasteiger partial charge in [0, 0.05) is 25.5 Å². The molecule has 0 unspecified atom stereocenters. The number of aromatic nitrogens is 3. The van der Waals surface area contributed by atoms with Crippen molar-refractivity contribution in [2.45, 2.75) is 45.8 Å². The summed E-state index contributed by atoms with van der Waals surface area (Å²) in [4.78, 5) is 23.7. The van der Waals surface area contributed by atoms with Crippen LogP contribution in [0, 0.1) is 20.8 Å². The Labute approximate surface area is 139 Å². The summed E-state index contributed by atoms with van der Waals surface area (Å²) in [6.45, 7) is 7.38. The fraction of sp³-hybridized carbons (Fsp3) is 0.562. The first-order valence-electron chi connectivity index (χ1n) is 7.81. The molecule has 1 fully saturated rings. The van der Waals surface area contributed by atoms with Crippen LogP contribution in [-0.2, 0) is 6.54 Å². The minimum atomic E-state index is -0.777. The van der Waals surface area contributed by atoms with Crippen molar-refractivity contribution in [2.24, 2.45) is 0 Å². The summed E-state index contributed by atoms with van der Waals surface area (Å²) in [6, 6.07) is 0. The van der Waals surface area contributed by atoms with Crippen molar-refractivity contribution in [1.29, 1.82) is 0 Å². The largest absolute Gasteiger partial charge is 0.388 e. The number of carbonyl (C=O) groups is 1. The van der Waals surface area contributed by atoms with Gasteiger partial charge < -0.3 is 14.6 Å². The third kappa shape index (κ3) is 3.30. The summed E-state index contributed by atoms with van der Waals surface area (Å²) < 4.78 is 1.97. The lowest BCUT2D eigenvalue weighted by Gasteiger charge is -2.38. The highest BCUT2D eigenvalue weighted by molar-refractivity contribution is 7.13. The monoisotopic (exact) mass is 334 g/mol. The number of carbonyl (C=O) groups excluding carboxylic acids is 1. The van der Waals surface area contributed by atoms with Crippen LogP contribution in [-0.4, -0.2) is 49.1 Å². The van der Waals surface area contributed by atoms with Crippen molar-refractivity contribution in [2.75, 3.05) is 13.1 Å². The third-order valence-corrected chi connectivity index (χ3v) is 5.53. The number of aliphatic hydroxyl groups is 1. The van der Waals surface area contributed by atoms with Gasteiger partial charge in [0.05, 0.1) is 22.8 Å². The van der Waals surface area contributed by atoms with Gasteiger partial charge in [-0.15, -0.1) is 11.3 Å². The normalized spacial score (nSPS) is 17.5. The van der Waals surface area contributed by atoms with E-state index in [2.05, 4.69) is 9.97 Å². The molecule has 0 bridgehead atoms. The molecule has 1 amide bonds. The Morgan fingerprint density at radius 3 is 2.57 bits per heavy atom. The highest BCUT2D eigenvalue weighted by Gasteiger charge is 2.35. The molecule has 1 N–H and O–H groups in total. The van der Waals surface area contributed by atoms with Crippen molar-refractivity contribution < 1.29 is 9.90 Å². The molecule has 0 aliphatic carbocycles. The first-order valence-corrected chi connectivity index (χ1v) is 8.63. The van der Waals surface area contributed by atoms with Gasteiger partial charge in [-0.3, -0.25) is 4.79 Å². The molecule has 2 aromatic heterocycles. The van der Waals surface area contributed by atoms with Gasteiger partial charge in [0.25, 0.3) is 5.91 Å². The van der Waals surface area contributed by atoms with E-state index in [1.165, 1.54) is 11.3 Å². The van der Waals surface area contributed by atoms with Crippen molar-refractivity contribution in [3.8, 4) is 0 Å². The second kappa shape index (κ2) is 6.05. The smallest absolute Gasteiger partial charge is 0.265 e. The Kier molecular flexibility index (Phi) is 4.25. The number of hydrogen-bond acceptors (Lipinski definition) is 5. The fourth-order valence-electron chi connectivity index (χ4n) is 3.05. The van der Waals surface area contributed by atoms with E-state index in [4.69, 9.17) is 0 Å². The van der Waals surface area contributed by atoms with Crippen molar-refractivity contribution in [1.82, 2.24) is 19.4 Å². The number of rotatable bonds is 3. The maximum atomic E-state index is 12.6. The Bertz CT molecular complexity index is 713. The predicted octanol–water partition coefficient (Wildman–Crippen LogP) is 1.93. The number of likely N-dealkylation sites (tertiary alicyclic amines) is 1. The van der Waals surface area contributed by atoms with Gasteiger partial charge in [-0.1, -0.05) is 0 Å². The van der Waals surface area contributed by atoms with Gasteiger partial charge in [-0.05, 0) is 33.6 Å². The zero-order valence-electron chi connectivity index (χ0n) is 13.7. The van der Waals surface area contributed by atoms with Gasteiger partial charge >= 0.3 is 0 Å². The first-order chi connectivity index (χ1) is 10.9. The average Bonchev–Trinajstić information content (AvgIpc) is 3.04. The van der Waals surface area contributed by atoms with E-state index in [1.54, 1.807) is 6.20 Å². The number of imidazole rings is 1. The number of amides is 1.